The molecule has 0 spiro atoms. The minimum absolute atomic E-state index is 0.0571. The second-order valence-electron chi connectivity index (χ2n) is 5.95. The number of fused-ring (bicyclic) bond motifs is 1. The Hall–Kier alpha value is -2.08. The van der Waals surface area contributed by atoms with Gasteiger partial charge >= 0.3 is 0 Å². The van der Waals surface area contributed by atoms with Gasteiger partial charge in [-0.3, -0.25) is 4.79 Å². The van der Waals surface area contributed by atoms with Gasteiger partial charge in [0.1, 0.15) is 5.15 Å². The van der Waals surface area contributed by atoms with Crippen LogP contribution in [0.25, 0.3) is 10.9 Å². The number of hydrogen-bond donors (Lipinski definition) is 2. The molecule has 3 rings (SSSR count). The van der Waals surface area contributed by atoms with Crippen molar-refractivity contribution in [3.05, 3.63) is 64.0 Å². The van der Waals surface area contributed by atoms with E-state index < -0.39 is 0 Å². The van der Waals surface area contributed by atoms with E-state index in [1.807, 2.05) is 30.5 Å². The van der Waals surface area contributed by atoms with Crippen molar-refractivity contribution in [2.45, 2.75) is 12.3 Å². The summed E-state index contributed by atoms with van der Waals surface area (Å²) < 4.78 is 4.98. The Morgan fingerprint density at radius 2 is 2.15 bits per heavy atom. The molecule has 0 aliphatic carbocycles. The Morgan fingerprint density at radius 3 is 2.88 bits per heavy atom. The number of ether oxygens (including phenoxy) is 1. The molecule has 0 unspecified atom stereocenters. The first-order valence-corrected chi connectivity index (χ1v) is 8.97. The Labute approximate surface area is 161 Å². The van der Waals surface area contributed by atoms with Gasteiger partial charge in [-0.2, -0.15) is 0 Å². The fourth-order valence-corrected chi connectivity index (χ4v) is 3.24. The van der Waals surface area contributed by atoms with Crippen LogP contribution in [-0.4, -0.2) is 36.1 Å². The molecule has 7 heteroatoms. The van der Waals surface area contributed by atoms with Crippen molar-refractivity contribution < 1.29 is 9.53 Å². The summed E-state index contributed by atoms with van der Waals surface area (Å²) in [4.78, 5) is 19.8. The van der Waals surface area contributed by atoms with Crippen LogP contribution < -0.4 is 5.32 Å². The summed E-state index contributed by atoms with van der Waals surface area (Å²) in [7, 11) is 1.60. The van der Waals surface area contributed by atoms with Gasteiger partial charge in [0.25, 0.3) is 0 Å². The van der Waals surface area contributed by atoms with Gasteiger partial charge in [-0.1, -0.05) is 29.3 Å². The molecule has 0 bridgehead atoms. The number of H-pyrrole nitrogens is 1. The molecule has 0 saturated carbocycles. The highest BCUT2D eigenvalue weighted by Crippen LogP contribution is 2.34. The van der Waals surface area contributed by atoms with Crippen molar-refractivity contribution in [3.8, 4) is 0 Å². The maximum absolute atomic E-state index is 12.4. The fourth-order valence-electron chi connectivity index (χ4n) is 2.95. The lowest BCUT2D eigenvalue weighted by molar-refractivity contribution is -0.121. The van der Waals surface area contributed by atoms with E-state index in [1.54, 1.807) is 19.4 Å². The molecule has 0 aliphatic rings. The highest BCUT2D eigenvalue weighted by atomic mass is 35.5. The van der Waals surface area contributed by atoms with Gasteiger partial charge in [0.05, 0.1) is 6.61 Å². The molecule has 2 aromatic heterocycles. The minimum atomic E-state index is -0.172. The monoisotopic (exact) mass is 391 g/mol. The summed E-state index contributed by atoms with van der Waals surface area (Å²) >= 11 is 12.1. The van der Waals surface area contributed by atoms with E-state index in [0.29, 0.717) is 23.3 Å². The zero-order valence-electron chi connectivity index (χ0n) is 14.3. The molecule has 0 fully saturated rings. The number of benzene rings is 1. The lowest BCUT2D eigenvalue weighted by atomic mass is 9.89. The number of methoxy groups -OCH3 is 1. The van der Waals surface area contributed by atoms with Crippen molar-refractivity contribution in [2.24, 2.45) is 0 Å². The van der Waals surface area contributed by atoms with Crippen molar-refractivity contribution >= 4 is 40.0 Å². The van der Waals surface area contributed by atoms with Crippen LogP contribution in [-0.2, 0) is 9.53 Å². The quantitative estimate of drug-likeness (QED) is 0.469. The number of nitrogens with zero attached hydrogens (tertiary/aromatic N) is 1. The van der Waals surface area contributed by atoms with E-state index in [1.165, 1.54) is 0 Å². The molecule has 2 heterocycles. The second kappa shape index (κ2) is 8.54. The Bertz CT molecular complexity index is 893. The topological polar surface area (TPSA) is 67.0 Å². The van der Waals surface area contributed by atoms with Gasteiger partial charge in [-0.15, -0.1) is 0 Å². The number of rotatable bonds is 7. The number of pyridine rings is 1. The maximum Gasteiger partial charge on any atom is 0.221 e. The molecular weight excluding hydrogens is 373 g/mol. The summed E-state index contributed by atoms with van der Waals surface area (Å²) in [6.45, 7) is 0.947. The average Bonchev–Trinajstić information content (AvgIpc) is 3.03. The number of aromatic nitrogens is 2. The lowest BCUT2D eigenvalue weighted by Crippen LogP contribution is -2.28. The predicted molar refractivity (Wildman–Crippen MR) is 104 cm³/mol. The summed E-state index contributed by atoms with van der Waals surface area (Å²) in [5.74, 6) is -0.229. The van der Waals surface area contributed by atoms with E-state index in [0.717, 1.165) is 22.0 Å². The first-order chi connectivity index (χ1) is 12.6. The van der Waals surface area contributed by atoms with Crippen molar-refractivity contribution in [2.75, 3.05) is 20.3 Å². The van der Waals surface area contributed by atoms with E-state index in [4.69, 9.17) is 27.9 Å². The first-order valence-electron chi connectivity index (χ1n) is 8.22. The Balaban J connectivity index is 1.95. The van der Waals surface area contributed by atoms with Crippen LogP contribution in [0.2, 0.25) is 10.2 Å². The standard InChI is InChI=1S/C19H19Cl2N3O2/c1-26-7-6-22-19(25)9-14(12-2-5-18(21)24-10-12)16-11-23-17-4-3-13(20)8-15(16)17/h2-5,8,10-11,14,23H,6-7,9H2,1H3,(H,22,25)/t14-/m0/s1. The van der Waals surface area contributed by atoms with Gasteiger partial charge in [-0.25, -0.2) is 4.98 Å². The van der Waals surface area contributed by atoms with Crippen LogP contribution in [0.4, 0.5) is 0 Å². The average molecular weight is 392 g/mol. The van der Waals surface area contributed by atoms with Crippen LogP contribution in [0, 0.1) is 0 Å². The van der Waals surface area contributed by atoms with E-state index in [2.05, 4.69) is 15.3 Å². The van der Waals surface area contributed by atoms with E-state index >= 15 is 0 Å². The third-order valence-corrected chi connectivity index (χ3v) is 4.68. The summed E-state index contributed by atoms with van der Waals surface area (Å²) in [5, 5.41) is 4.92. The zero-order valence-corrected chi connectivity index (χ0v) is 15.8. The van der Waals surface area contributed by atoms with Crippen LogP contribution in [0.1, 0.15) is 23.5 Å². The second-order valence-corrected chi connectivity index (χ2v) is 6.77. The predicted octanol–water partition coefficient (Wildman–Crippen LogP) is 4.15. The molecule has 1 amide bonds. The highest BCUT2D eigenvalue weighted by molar-refractivity contribution is 6.31. The van der Waals surface area contributed by atoms with Gasteiger partial charge in [0.15, 0.2) is 0 Å². The number of carbonyl (C=O) groups is 1. The molecule has 26 heavy (non-hydrogen) atoms. The van der Waals surface area contributed by atoms with Crippen molar-refractivity contribution in [3.63, 3.8) is 0 Å². The van der Waals surface area contributed by atoms with Gasteiger partial charge in [0.2, 0.25) is 5.91 Å². The smallest absolute Gasteiger partial charge is 0.221 e. The highest BCUT2D eigenvalue weighted by Gasteiger charge is 2.22. The SMILES string of the molecule is COCCNC(=O)C[C@@H](c1ccc(Cl)nc1)c1c[nH]c2ccc(Cl)cc12. The Kier molecular flexibility index (Phi) is 6.14. The number of carbonyl (C=O) groups excluding carboxylic acids is 1. The van der Waals surface area contributed by atoms with Crippen LogP contribution in [0.15, 0.2) is 42.7 Å². The summed E-state index contributed by atoms with van der Waals surface area (Å²) in [6, 6.07) is 9.29. The van der Waals surface area contributed by atoms with Gasteiger partial charge in [0, 0.05) is 54.3 Å². The molecule has 136 valence electrons. The molecular formula is C19H19Cl2N3O2. The number of nitrogens with one attached hydrogen (secondary N) is 2. The van der Waals surface area contributed by atoms with Gasteiger partial charge in [-0.05, 0) is 35.4 Å². The Morgan fingerprint density at radius 1 is 1.31 bits per heavy atom. The molecule has 0 aliphatic heterocycles. The number of aromatic amines is 1. The van der Waals surface area contributed by atoms with Crippen molar-refractivity contribution in [1.29, 1.82) is 0 Å². The van der Waals surface area contributed by atoms with Crippen molar-refractivity contribution in [1.82, 2.24) is 15.3 Å². The largest absolute Gasteiger partial charge is 0.383 e. The third kappa shape index (κ3) is 4.36. The zero-order chi connectivity index (χ0) is 18.5. The molecule has 3 aromatic rings. The fraction of sp³-hybridized carbons (Fsp3) is 0.263. The van der Waals surface area contributed by atoms with E-state index in [-0.39, 0.29) is 18.2 Å². The number of hydrogen-bond acceptors (Lipinski definition) is 3. The maximum atomic E-state index is 12.4. The summed E-state index contributed by atoms with van der Waals surface area (Å²) in [5.41, 5.74) is 2.88. The number of halogens is 2. The van der Waals surface area contributed by atoms with E-state index in [9.17, 15) is 4.79 Å². The number of amides is 1. The van der Waals surface area contributed by atoms with Crippen LogP contribution in [0.3, 0.4) is 0 Å². The third-order valence-electron chi connectivity index (χ3n) is 4.22. The molecule has 1 aromatic carbocycles. The summed E-state index contributed by atoms with van der Waals surface area (Å²) in [6.07, 6.45) is 3.91. The lowest BCUT2D eigenvalue weighted by Gasteiger charge is -2.17. The first kappa shape index (κ1) is 18.7. The molecule has 0 saturated heterocycles. The molecule has 1 atom stereocenters. The molecule has 5 nitrogen and oxygen atoms in total. The van der Waals surface area contributed by atoms with Crippen LogP contribution in [0.5, 0.6) is 0 Å². The normalized spacial score (nSPS) is 12.3. The minimum Gasteiger partial charge on any atom is -0.383 e. The van der Waals surface area contributed by atoms with Crippen LogP contribution >= 0.6 is 23.2 Å². The van der Waals surface area contributed by atoms with Gasteiger partial charge < -0.3 is 15.0 Å². The molecule has 2 N–H and O–H groups in total. The molecule has 0 radical (unpaired) electrons.